The Balaban J connectivity index is 2.10. The molecule has 2 atom stereocenters. The van der Waals surface area contributed by atoms with Gasteiger partial charge in [-0.3, -0.25) is 9.59 Å². The first-order valence-electron chi connectivity index (χ1n) is 5.36. The first-order chi connectivity index (χ1) is 7.47. The van der Waals surface area contributed by atoms with E-state index in [2.05, 4.69) is 0 Å². The molecule has 1 amide bonds. The van der Waals surface area contributed by atoms with E-state index < -0.39 is 29.5 Å². The molecule has 3 N–H and O–H groups in total. The molecule has 1 saturated heterocycles. The van der Waals surface area contributed by atoms with Crippen molar-refractivity contribution in [2.75, 3.05) is 13.1 Å². The lowest BCUT2D eigenvalue weighted by molar-refractivity contribution is -0.167. The Labute approximate surface area is 92.5 Å². The molecule has 2 fully saturated rings. The topological polar surface area (TPSA) is 98.1 Å². The van der Waals surface area contributed by atoms with Crippen LogP contribution in [0, 0.1) is 5.41 Å². The van der Waals surface area contributed by atoms with E-state index in [1.165, 1.54) is 4.90 Å². The molecule has 6 nitrogen and oxygen atoms in total. The van der Waals surface area contributed by atoms with Gasteiger partial charge in [-0.05, 0) is 12.8 Å². The van der Waals surface area contributed by atoms with Crippen LogP contribution in [0.1, 0.15) is 19.3 Å². The summed E-state index contributed by atoms with van der Waals surface area (Å²) < 4.78 is 0. The van der Waals surface area contributed by atoms with Gasteiger partial charge >= 0.3 is 5.97 Å². The van der Waals surface area contributed by atoms with Gasteiger partial charge in [0.2, 0.25) is 5.91 Å². The minimum Gasteiger partial charge on any atom is -0.480 e. The van der Waals surface area contributed by atoms with Crippen LogP contribution in [-0.2, 0) is 9.59 Å². The van der Waals surface area contributed by atoms with E-state index in [1.54, 1.807) is 0 Å². The molecule has 16 heavy (non-hydrogen) atoms. The summed E-state index contributed by atoms with van der Waals surface area (Å²) in [6, 6.07) is 0. The first-order valence-corrected chi connectivity index (χ1v) is 5.36. The van der Waals surface area contributed by atoms with E-state index in [-0.39, 0.29) is 13.1 Å². The number of aliphatic carboxylic acids is 1. The molecule has 0 aromatic heterocycles. The molecular formula is C10H15NO5. The fraction of sp³-hybridized carbons (Fsp3) is 0.800. The summed E-state index contributed by atoms with van der Waals surface area (Å²) in [4.78, 5) is 24.3. The number of aliphatic hydroxyl groups excluding tert-OH is 2. The predicted octanol–water partition coefficient (Wildman–Crippen LogP) is -1.19. The van der Waals surface area contributed by atoms with Gasteiger partial charge in [0.1, 0.15) is 5.41 Å². The summed E-state index contributed by atoms with van der Waals surface area (Å²) in [5.74, 6) is -1.57. The maximum atomic E-state index is 12.0. The average molecular weight is 229 g/mol. The lowest BCUT2D eigenvalue weighted by Gasteiger charge is -2.38. The number of aliphatic hydroxyl groups is 2. The van der Waals surface area contributed by atoms with Crippen molar-refractivity contribution < 1.29 is 24.9 Å². The van der Waals surface area contributed by atoms with E-state index in [0.29, 0.717) is 12.8 Å². The standard InChI is InChI=1S/C10H15NO5/c12-6-4-11(5-7(6)13)8(14)10(9(15)16)2-1-3-10/h6-7,12-13H,1-5H2,(H,15,16). The molecule has 0 bridgehead atoms. The minimum atomic E-state index is -1.30. The van der Waals surface area contributed by atoms with Gasteiger partial charge in [0.15, 0.2) is 0 Å². The summed E-state index contributed by atoms with van der Waals surface area (Å²) >= 11 is 0. The molecule has 2 rings (SSSR count). The fourth-order valence-corrected chi connectivity index (χ4v) is 2.29. The van der Waals surface area contributed by atoms with Crippen LogP contribution in [-0.4, -0.2) is 57.4 Å². The maximum Gasteiger partial charge on any atom is 0.319 e. The number of likely N-dealkylation sites (tertiary alicyclic amines) is 1. The van der Waals surface area contributed by atoms with Crippen LogP contribution in [0.5, 0.6) is 0 Å². The van der Waals surface area contributed by atoms with Crippen molar-refractivity contribution in [3.8, 4) is 0 Å². The molecule has 6 heteroatoms. The SMILES string of the molecule is O=C(O)C1(C(=O)N2CC(O)C(O)C2)CCC1. The number of hydrogen-bond donors (Lipinski definition) is 3. The van der Waals surface area contributed by atoms with Crippen molar-refractivity contribution in [2.24, 2.45) is 5.41 Å². The van der Waals surface area contributed by atoms with Gasteiger partial charge < -0.3 is 20.2 Å². The molecule has 0 aromatic carbocycles. The normalized spacial score (nSPS) is 32.2. The second kappa shape index (κ2) is 3.71. The van der Waals surface area contributed by atoms with Gasteiger partial charge in [0, 0.05) is 13.1 Å². The van der Waals surface area contributed by atoms with Crippen LogP contribution in [0.2, 0.25) is 0 Å². The molecule has 1 saturated carbocycles. The van der Waals surface area contributed by atoms with Gasteiger partial charge in [-0.1, -0.05) is 6.42 Å². The van der Waals surface area contributed by atoms with Crippen molar-refractivity contribution in [1.82, 2.24) is 4.90 Å². The lowest BCUT2D eigenvalue weighted by Crippen LogP contribution is -2.52. The fourth-order valence-electron chi connectivity index (χ4n) is 2.29. The van der Waals surface area contributed by atoms with Gasteiger partial charge in [0.05, 0.1) is 12.2 Å². The highest BCUT2D eigenvalue weighted by Crippen LogP contribution is 2.43. The minimum absolute atomic E-state index is 0.0228. The van der Waals surface area contributed by atoms with Gasteiger partial charge in [-0.15, -0.1) is 0 Å². The molecule has 0 aromatic rings. The third-order valence-corrected chi connectivity index (χ3v) is 3.57. The molecule has 2 aliphatic rings. The maximum absolute atomic E-state index is 12.0. The van der Waals surface area contributed by atoms with Crippen molar-refractivity contribution >= 4 is 11.9 Å². The van der Waals surface area contributed by atoms with E-state index in [9.17, 15) is 19.8 Å². The number of β-amino-alcohol motifs (C(OH)–C–C–N with tert-alkyl or cyclic N) is 2. The number of carboxylic acid groups (broad SMARTS) is 1. The second-order valence-electron chi connectivity index (χ2n) is 4.59. The summed E-state index contributed by atoms with van der Waals surface area (Å²) in [5.41, 5.74) is -1.30. The molecular weight excluding hydrogens is 214 g/mol. The van der Waals surface area contributed by atoms with Crippen molar-refractivity contribution in [1.29, 1.82) is 0 Å². The second-order valence-corrected chi connectivity index (χ2v) is 4.59. The first kappa shape index (κ1) is 11.3. The number of carboxylic acids is 1. The third kappa shape index (κ3) is 1.49. The van der Waals surface area contributed by atoms with Crippen LogP contribution in [0.25, 0.3) is 0 Å². The average Bonchev–Trinajstić information content (AvgIpc) is 2.44. The monoisotopic (exact) mass is 229 g/mol. The van der Waals surface area contributed by atoms with Crippen molar-refractivity contribution in [3.05, 3.63) is 0 Å². The van der Waals surface area contributed by atoms with E-state index in [0.717, 1.165) is 6.42 Å². The number of nitrogens with zero attached hydrogens (tertiary/aromatic N) is 1. The molecule has 1 aliphatic heterocycles. The Morgan fingerprint density at radius 2 is 1.62 bits per heavy atom. The molecule has 90 valence electrons. The Morgan fingerprint density at radius 3 is 1.94 bits per heavy atom. The number of amides is 1. The van der Waals surface area contributed by atoms with Gasteiger partial charge in [-0.2, -0.15) is 0 Å². The zero-order chi connectivity index (χ0) is 11.9. The smallest absolute Gasteiger partial charge is 0.319 e. The van der Waals surface area contributed by atoms with E-state index in [4.69, 9.17) is 5.11 Å². The van der Waals surface area contributed by atoms with Crippen molar-refractivity contribution in [3.63, 3.8) is 0 Å². The number of rotatable bonds is 2. The molecule has 1 aliphatic carbocycles. The van der Waals surface area contributed by atoms with Crippen LogP contribution in [0.15, 0.2) is 0 Å². The summed E-state index contributed by atoms with van der Waals surface area (Å²) in [6.45, 7) is 0.0457. The van der Waals surface area contributed by atoms with Crippen molar-refractivity contribution in [2.45, 2.75) is 31.5 Å². The molecule has 0 radical (unpaired) electrons. The van der Waals surface area contributed by atoms with Crippen LogP contribution < -0.4 is 0 Å². The summed E-state index contributed by atoms with van der Waals surface area (Å²) in [6.07, 6.45) is -0.491. The van der Waals surface area contributed by atoms with Crippen LogP contribution >= 0.6 is 0 Å². The summed E-state index contributed by atoms with van der Waals surface area (Å²) in [5, 5.41) is 27.7. The largest absolute Gasteiger partial charge is 0.480 e. The predicted molar refractivity (Wildman–Crippen MR) is 52.5 cm³/mol. The highest BCUT2D eigenvalue weighted by Gasteiger charge is 2.54. The zero-order valence-electron chi connectivity index (χ0n) is 8.80. The quantitative estimate of drug-likeness (QED) is 0.517. The van der Waals surface area contributed by atoms with Crippen LogP contribution in [0.4, 0.5) is 0 Å². The Kier molecular flexibility index (Phi) is 2.63. The molecule has 1 heterocycles. The van der Waals surface area contributed by atoms with E-state index in [1.807, 2.05) is 0 Å². The Morgan fingerprint density at radius 1 is 1.12 bits per heavy atom. The zero-order valence-corrected chi connectivity index (χ0v) is 8.80. The Bertz CT molecular complexity index is 315. The van der Waals surface area contributed by atoms with Gasteiger partial charge in [0.25, 0.3) is 0 Å². The third-order valence-electron chi connectivity index (χ3n) is 3.57. The number of hydrogen-bond acceptors (Lipinski definition) is 4. The number of carbonyl (C=O) groups is 2. The van der Waals surface area contributed by atoms with Gasteiger partial charge in [-0.25, -0.2) is 0 Å². The highest BCUT2D eigenvalue weighted by molar-refractivity contribution is 6.03. The molecule has 0 spiro atoms. The number of carbonyl (C=O) groups excluding carboxylic acids is 1. The lowest BCUT2D eigenvalue weighted by atomic mass is 9.68. The van der Waals surface area contributed by atoms with Crippen LogP contribution in [0.3, 0.4) is 0 Å². The molecule has 2 unspecified atom stereocenters. The Hall–Kier alpha value is -1.14. The summed E-state index contributed by atoms with van der Waals surface area (Å²) in [7, 11) is 0. The highest BCUT2D eigenvalue weighted by atomic mass is 16.4. The van der Waals surface area contributed by atoms with E-state index >= 15 is 0 Å².